The fourth-order valence-corrected chi connectivity index (χ4v) is 6.02. The second kappa shape index (κ2) is 9.94. The van der Waals surface area contributed by atoms with Crippen molar-refractivity contribution in [2.24, 2.45) is 5.10 Å². The number of anilines is 1. The summed E-state index contributed by atoms with van der Waals surface area (Å²) < 4.78 is 67.9. The summed E-state index contributed by atoms with van der Waals surface area (Å²) in [7, 11) is -4.06. The summed E-state index contributed by atoms with van der Waals surface area (Å²) in [5.41, 5.74) is 0.474. The number of amidine groups is 1. The summed E-state index contributed by atoms with van der Waals surface area (Å²) >= 11 is 12.8. The molecule has 5 rings (SSSR count). The number of pyridine rings is 1. The van der Waals surface area contributed by atoms with Gasteiger partial charge in [-0.25, -0.2) is 18.2 Å². The van der Waals surface area contributed by atoms with E-state index in [1.165, 1.54) is 12.1 Å². The van der Waals surface area contributed by atoms with Gasteiger partial charge in [0.25, 0.3) is 10.0 Å². The van der Waals surface area contributed by atoms with E-state index in [9.17, 15) is 21.6 Å². The van der Waals surface area contributed by atoms with E-state index in [0.717, 1.165) is 30.0 Å². The molecule has 7 nitrogen and oxygen atoms in total. The van der Waals surface area contributed by atoms with Crippen molar-refractivity contribution in [3.05, 3.63) is 87.3 Å². The van der Waals surface area contributed by atoms with Crippen molar-refractivity contribution < 1.29 is 21.6 Å². The third-order valence-corrected chi connectivity index (χ3v) is 8.48. The molecule has 200 valence electrons. The number of rotatable bonds is 5. The van der Waals surface area contributed by atoms with E-state index in [0.29, 0.717) is 19.4 Å². The summed E-state index contributed by atoms with van der Waals surface area (Å²) in [5.74, 6) is -2.08. The quantitative estimate of drug-likeness (QED) is 0.256. The lowest BCUT2D eigenvalue weighted by Gasteiger charge is -2.44. The van der Waals surface area contributed by atoms with Crippen LogP contribution >= 0.6 is 23.2 Å². The zero-order valence-electron chi connectivity index (χ0n) is 20.1. The number of aromatic nitrogens is 1. The van der Waals surface area contributed by atoms with Crippen molar-refractivity contribution in [3.63, 3.8) is 0 Å². The second-order valence-corrected chi connectivity index (χ2v) is 11.8. The van der Waals surface area contributed by atoms with Crippen LogP contribution in [-0.2, 0) is 10.0 Å². The molecule has 0 atom stereocenters. The van der Waals surface area contributed by atoms with Crippen LogP contribution in [0.3, 0.4) is 0 Å². The molecule has 2 aliphatic rings. The average Bonchev–Trinajstić information content (AvgIpc) is 3.60. The van der Waals surface area contributed by atoms with E-state index in [-0.39, 0.29) is 45.2 Å². The van der Waals surface area contributed by atoms with Crippen LogP contribution in [0.1, 0.15) is 24.0 Å². The lowest BCUT2D eigenvalue weighted by Crippen LogP contribution is -2.58. The summed E-state index contributed by atoms with van der Waals surface area (Å²) in [4.78, 5) is 9.75. The zero-order chi connectivity index (χ0) is 27.2. The molecule has 2 fully saturated rings. The number of benzene rings is 2. The Kier molecular flexibility index (Phi) is 6.95. The maximum Gasteiger partial charge on any atom is 0.276 e. The minimum Gasteiger partial charge on any atom is -0.350 e. The van der Waals surface area contributed by atoms with Gasteiger partial charge in [0.1, 0.15) is 11.6 Å². The van der Waals surface area contributed by atoms with Crippen molar-refractivity contribution in [2.45, 2.75) is 30.2 Å². The van der Waals surface area contributed by atoms with Crippen LogP contribution < -0.4 is 9.73 Å². The van der Waals surface area contributed by atoms with Crippen LogP contribution in [-0.4, -0.2) is 49.3 Å². The molecule has 0 unspecified atom stereocenters. The molecule has 1 aliphatic carbocycles. The average molecular weight is 584 g/mol. The number of hydrazone groups is 1. The van der Waals surface area contributed by atoms with Crippen molar-refractivity contribution in [1.82, 2.24) is 14.7 Å². The molecule has 2 aromatic carbocycles. The third kappa shape index (κ3) is 5.14. The first-order valence-corrected chi connectivity index (χ1v) is 13.9. The Morgan fingerprint density at radius 2 is 1.68 bits per heavy atom. The van der Waals surface area contributed by atoms with Gasteiger partial charge in [-0.05, 0) is 44.0 Å². The number of nitrogens with one attached hydrogen (secondary N) is 1. The van der Waals surface area contributed by atoms with Gasteiger partial charge in [-0.3, -0.25) is 0 Å². The highest BCUT2D eigenvalue weighted by Gasteiger charge is 2.53. The normalized spacial score (nSPS) is 17.2. The number of hydrogen-bond donors (Lipinski definition) is 1. The molecule has 1 spiro atoms. The Morgan fingerprint density at radius 1 is 1.03 bits per heavy atom. The van der Waals surface area contributed by atoms with Crippen LogP contribution in [0.4, 0.5) is 19.0 Å². The number of nitrogens with zero attached hydrogens (tertiary/aromatic N) is 4. The predicted molar refractivity (Wildman–Crippen MR) is 139 cm³/mol. The fourth-order valence-electron chi connectivity index (χ4n) is 4.58. The molecular formula is C25H22Cl2F3N5O2S. The topological polar surface area (TPSA) is 77.9 Å². The molecule has 1 saturated carbocycles. The number of hydrogen-bond acceptors (Lipinski definition) is 5. The highest BCUT2D eigenvalue weighted by Crippen LogP contribution is 2.46. The van der Waals surface area contributed by atoms with Gasteiger partial charge < -0.3 is 9.80 Å². The Balaban J connectivity index is 1.53. The molecule has 0 bridgehead atoms. The molecule has 0 radical (unpaired) electrons. The maximum absolute atomic E-state index is 14.5. The summed E-state index contributed by atoms with van der Waals surface area (Å²) in [6.07, 6.45) is 2.30. The lowest BCUT2D eigenvalue weighted by molar-refractivity contribution is 0.257. The van der Waals surface area contributed by atoms with E-state index in [4.69, 9.17) is 23.2 Å². The molecule has 38 heavy (non-hydrogen) atoms. The highest BCUT2D eigenvalue weighted by molar-refractivity contribution is 7.89. The lowest BCUT2D eigenvalue weighted by atomic mass is 10.1. The van der Waals surface area contributed by atoms with Gasteiger partial charge in [-0.1, -0.05) is 40.9 Å². The van der Waals surface area contributed by atoms with Crippen molar-refractivity contribution >= 4 is 44.9 Å². The molecule has 2 heterocycles. The Morgan fingerprint density at radius 3 is 2.29 bits per heavy atom. The van der Waals surface area contributed by atoms with Crippen molar-refractivity contribution in [1.29, 1.82) is 0 Å². The van der Waals surface area contributed by atoms with E-state index in [2.05, 4.69) is 14.9 Å². The van der Waals surface area contributed by atoms with Gasteiger partial charge >= 0.3 is 0 Å². The van der Waals surface area contributed by atoms with Gasteiger partial charge in [-0.2, -0.15) is 13.2 Å². The monoisotopic (exact) mass is 583 g/mol. The fraction of sp³-hybridized carbons (Fsp3) is 0.280. The first-order chi connectivity index (χ1) is 18.0. The van der Waals surface area contributed by atoms with E-state index >= 15 is 0 Å². The minimum absolute atomic E-state index is 0.00585. The first kappa shape index (κ1) is 26.6. The molecule has 1 saturated heterocycles. The highest BCUT2D eigenvalue weighted by atomic mass is 35.5. The molecule has 1 aromatic heterocycles. The third-order valence-electron chi connectivity index (χ3n) is 6.66. The van der Waals surface area contributed by atoms with Gasteiger partial charge in [0.2, 0.25) is 0 Å². The molecule has 1 aliphatic heterocycles. The number of aryl methyl sites for hydroxylation is 1. The Bertz CT molecular complexity index is 1510. The van der Waals surface area contributed by atoms with Gasteiger partial charge in [0.15, 0.2) is 17.5 Å². The number of sulfonamides is 1. The van der Waals surface area contributed by atoms with Gasteiger partial charge in [-0.15, -0.1) is 5.10 Å². The van der Waals surface area contributed by atoms with E-state index < -0.39 is 33.0 Å². The van der Waals surface area contributed by atoms with Gasteiger partial charge in [0, 0.05) is 25.7 Å². The first-order valence-electron chi connectivity index (χ1n) is 11.6. The van der Waals surface area contributed by atoms with Gasteiger partial charge in [0.05, 0.1) is 32.2 Å². The number of piperazine rings is 1. The van der Waals surface area contributed by atoms with Crippen LogP contribution in [0.15, 0.2) is 58.7 Å². The van der Waals surface area contributed by atoms with Crippen LogP contribution in [0.25, 0.3) is 0 Å². The predicted octanol–water partition coefficient (Wildman–Crippen LogP) is 5.11. The standard InChI is InChI=1S/C25H22Cl2F3N5O2S/c1-15-2-4-18(5-3-15)38(36,37)33-32-24(22-19(26)10-16(28)11-20(22)27)35-9-8-34(14-25(35)6-7-25)23-21(30)12-17(29)13-31-23/h2-5,10-13,33H,6-9,14H2,1H3/b32-24-. The van der Waals surface area contributed by atoms with E-state index in [1.54, 1.807) is 17.0 Å². The Labute approximate surface area is 227 Å². The second-order valence-electron chi connectivity index (χ2n) is 9.34. The SMILES string of the molecule is Cc1ccc(S(=O)(=O)N/N=C(/c2c(Cl)cc(F)cc2Cl)N2CCN(c3ncc(F)cc3F)CC23CC3)cc1. The summed E-state index contributed by atoms with van der Waals surface area (Å²) in [6, 6.07) is 9.15. The van der Waals surface area contributed by atoms with Crippen molar-refractivity contribution in [3.8, 4) is 0 Å². The molecular weight excluding hydrogens is 562 g/mol. The summed E-state index contributed by atoms with van der Waals surface area (Å²) in [6.45, 7) is 2.66. The molecule has 1 N–H and O–H groups in total. The molecule has 3 aromatic rings. The van der Waals surface area contributed by atoms with Crippen molar-refractivity contribution in [2.75, 3.05) is 24.5 Å². The Hall–Kier alpha value is -3.02. The van der Waals surface area contributed by atoms with Crippen LogP contribution in [0, 0.1) is 24.4 Å². The molecule has 13 heteroatoms. The number of halogens is 5. The zero-order valence-corrected chi connectivity index (χ0v) is 22.4. The van der Waals surface area contributed by atoms with Crippen LogP contribution in [0.5, 0.6) is 0 Å². The van der Waals surface area contributed by atoms with Crippen LogP contribution in [0.2, 0.25) is 10.0 Å². The smallest absolute Gasteiger partial charge is 0.276 e. The minimum atomic E-state index is -4.06. The maximum atomic E-state index is 14.5. The summed E-state index contributed by atoms with van der Waals surface area (Å²) in [5, 5.41) is 4.16. The largest absolute Gasteiger partial charge is 0.350 e. The van der Waals surface area contributed by atoms with E-state index in [1.807, 2.05) is 11.8 Å². The molecule has 0 amide bonds.